The number of halogens is 17. The fraction of sp³-hybridized carbons (Fsp3) is 0.650. The van der Waals surface area contributed by atoms with Gasteiger partial charge in [0.25, 0.3) is 10.0 Å². The number of aliphatic carboxylic acids is 1. The first-order valence-corrected chi connectivity index (χ1v) is 12.2. The maximum Gasteiger partial charge on any atom is 0.460 e. The van der Waals surface area contributed by atoms with Crippen molar-refractivity contribution in [1.82, 2.24) is 4.31 Å². The summed E-state index contributed by atoms with van der Waals surface area (Å²) in [4.78, 5) is 11.6. The van der Waals surface area contributed by atoms with Crippen LogP contribution in [0.5, 0.6) is 0 Å². The molecule has 0 aliphatic rings. The van der Waals surface area contributed by atoms with Crippen LogP contribution in [0, 0.1) is 5.92 Å². The summed E-state index contributed by atoms with van der Waals surface area (Å²) in [6.45, 7) is -0.276. The van der Waals surface area contributed by atoms with Crippen LogP contribution in [0.2, 0.25) is 0 Å². The number of carboxylic acids is 1. The highest BCUT2D eigenvalue weighted by molar-refractivity contribution is 7.90. The molecule has 0 fully saturated rings. The third-order valence-electron chi connectivity index (χ3n) is 5.70. The summed E-state index contributed by atoms with van der Waals surface area (Å²) in [7, 11) is -7.83. The fourth-order valence-corrected chi connectivity index (χ4v) is 4.99. The van der Waals surface area contributed by atoms with E-state index in [1.165, 1.54) is 6.07 Å². The van der Waals surface area contributed by atoms with Crippen molar-refractivity contribution in [2.45, 2.75) is 73.4 Å². The largest absolute Gasteiger partial charge is 0.480 e. The summed E-state index contributed by atoms with van der Waals surface area (Å²) >= 11 is 0. The molecule has 0 unspecified atom stereocenters. The van der Waals surface area contributed by atoms with E-state index in [1.807, 2.05) is 0 Å². The standard InChI is InChI=1S/C20H16F17NO4S/c1-9(2)11(12(39)40)38(8-10-6-4-3-5-7-10)43(41,42)20(36,37)18(31,32)16(27,28)14(23,24)13(21,22)15(25,26)17(29,30)19(33,34)35/h3-7,9,11H,8H2,1-2H3,(H,39,40)/t11-/m0/s1. The van der Waals surface area contributed by atoms with E-state index in [-0.39, 0.29) is 0 Å². The smallest absolute Gasteiger partial charge is 0.460 e. The zero-order valence-corrected chi connectivity index (χ0v) is 21.5. The van der Waals surface area contributed by atoms with Gasteiger partial charge in [-0.15, -0.1) is 0 Å². The molecule has 43 heavy (non-hydrogen) atoms. The highest BCUT2D eigenvalue weighted by atomic mass is 32.2. The molecule has 0 amide bonds. The molecule has 0 aliphatic heterocycles. The van der Waals surface area contributed by atoms with E-state index in [9.17, 15) is 93.0 Å². The molecular formula is C20H16F17NO4S. The molecule has 0 heterocycles. The quantitative estimate of drug-likeness (QED) is 0.229. The van der Waals surface area contributed by atoms with Gasteiger partial charge in [0.1, 0.15) is 6.04 Å². The van der Waals surface area contributed by atoms with E-state index in [4.69, 9.17) is 0 Å². The van der Waals surface area contributed by atoms with Crippen LogP contribution in [0.1, 0.15) is 19.4 Å². The Balaban J connectivity index is 3.96. The Morgan fingerprint density at radius 1 is 0.674 bits per heavy atom. The van der Waals surface area contributed by atoms with Crippen LogP contribution in [-0.4, -0.2) is 76.8 Å². The molecule has 0 aliphatic carbocycles. The van der Waals surface area contributed by atoms with Gasteiger partial charge in [-0.3, -0.25) is 4.79 Å². The van der Waals surface area contributed by atoms with Crippen LogP contribution in [0.25, 0.3) is 0 Å². The number of rotatable bonds is 13. The zero-order valence-electron chi connectivity index (χ0n) is 20.7. The molecular weight excluding hydrogens is 673 g/mol. The van der Waals surface area contributed by atoms with Crippen molar-refractivity contribution in [2.75, 3.05) is 0 Å². The Bertz CT molecular complexity index is 1260. The van der Waals surface area contributed by atoms with Gasteiger partial charge in [-0.1, -0.05) is 44.2 Å². The molecule has 1 N–H and O–H groups in total. The first-order valence-electron chi connectivity index (χ1n) is 10.7. The van der Waals surface area contributed by atoms with Gasteiger partial charge < -0.3 is 5.11 Å². The van der Waals surface area contributed by atoms with Gasteiger partial charge in [-0.2, -0.15) is 78.9 Å². The number of hydrogen-bond acceptors (Lipinski definition) is 3. The Morgan fingerprint density at radius 3 is 1.35 bits per heavy atom. The van der Waals surface area contributed by atoms with Gasteiger partial charge in [-0.25, -0.2) is 8.42 Å². The van der Waals surface area contributed by atoms with E-state index in [0.717, 1.165) is 38.1 Å². The number of nitrogens with zero attached hydrogens (tertiary/aromatic N) is 1. The second-order valence-electron chi connectivity index (χ2n) is 9.02. The lowest BCUT2D eigenvalue weighted by Crippen LogP contribution is -2.75. The molecule has 0 saturated carbocycles. The average molecular weight is 689 g/mol. The number of sulfonamides is 1. The molecule has 0 radical (unpaired) electrons. The van der Waals surface area contributed by atoms with Crippen molar-refractivity contribution < 1.29 is 93.0 Å². The minimum absolute atomic E-state index is 0.560. The number of benzene rings is 1. The summed E-state index contributed by atoms with van der Waals surface area (Å²) < 4.78 is 256. The van der Waals surface area contributed by atoms with Gasteiger partial charge in [0.2, 0.25) is 0 Å². The first kappa shape index (κ1) is 38.4. The summed E-state index contributed by atoms with van der Waals surface area (Å²) in [5.74, 6) is -56.7. The molecule has 0 bridgehead atoms. The highest BCUT2D eigenvalue weighted by Crippen LogP contribution is 2.64. The topological polar surface area (TPSA) is 74.7 Å². The maximum absolute atomic E-state index is 14.8. The van der Waals surface area contributed by atoms with E-state index in [1.54, 1.807) is 0 Å². The lowest BCUT2D eigenvalue weighted by atomic mass is 9.91. The van der Waals surface area contributed by atoms with Crippen LogP contribution >= 0.6 is 0 Å². The zero-order chi connectivity index (χ0) is 34.6. The van der Waals surface area contributed by atoms with Crippen molar-refractivity contribution in [1.29, 1.82) is 0 Å². The second-order valence-corrected chi connectivity index (χ2v) is 11.0. The molecule has 1 rings (SSSR count). The van der Waals surface area contributed by atoms with E-state index in [2.05, 4.69) is 0 Å². The summed E-state index contributed by atoms with van der Waals surface area (Å²) in [5.41, 5.74) is -0.560. The molecule has 1 aromatic carbocycles. The predicted octanol–water partition coefficient (Wildman–Crippen LogP) is 6.89. The predicted molar refractivity (Wildman–Crippen MR) is 108 cm³/mol. The molecule has 1 aromatic rings. The molecule has 0 aromatic heterocycles. The van der Waals surface area contributed by atoms with Crippen molar-refractivity contribution in [3.63, 3.8) is 0 Å². The monoisotopic (exact) mass is 689 g/mol. The molecule has 250 valence electrons. The van der Waals surface area contributed by atoms with Gasteiger partial charge in [0, 0.05) is 6.54 Å². The summed E-state index contributed by atoms with van der Waals surface area (Å²) in [6.07, 6.45) is -7.94. The second kappa shape index (κ2) is 11.1. The molecule has 0 spiro atoms. The van der Waals surface area contributed by atoms with Crippen LogP contribution in [-0.2, 0) is 21.4 Å². The average Bonchev–Trinajstić information content (AvgIpc) is 2.82. The van der Waals surface area contributed by atoms with Crippen LogP contribution in [0.15, 0.2) is 30.3 Å². The van der Waals surface area contributed by atoms with E-state index >= 15 is 0 Å². The third kappa shape index (κ3) is 5.58. The van der Waals surface area contributed by atoms with Crippen molar-refractivity contribution >= 4 is 16.0 Å². The summed E-state index contributed by atoms with van der Waals surface area (Å²) in [5, 5.41) is 1.43. The lowest BCUT2D eigenvalue weighted by molar-refractivity contribution is -0.458. The molecule has 0 saturated heterocycles. The van der Waals surface area contributed by atoms with Crippen LogP contribution in [0.4, 0.5) is 74.6 Å². The molecule has 1 atom stereocenters. The Hall–Kier alpha value is -2.59. The maximum atomic E-state index is 14.8. The Labute approximate surface area is 229 Å². The normalized spacial score (nSPS) is 16.1. The Kier molecular flexibility index (Phi) is 9.91. The van der Waals surface area contributed by atoms with Gasteiger partial charge >= 0.3 is 52.9 Å². The number of alkyl halides is 17. The van der Waals surface area contributed by atoms with E-state index in [0.29, 0.717) is 0 Å². The SMILES string of the molecule is CC(C)[C@@H](C(=O)O)N(Cc1ccccc1)S(=O)(=O)C(F)(F)C(F)(F)C(F)(F)C(F)(F)C(F)(F)C(F)(F)C(F)(F)C(F)(F)F. The van der Waals surface area contributed by atoms with Crippen LogP contribution in [0.3, 0.4) is 0 Å². The molecule has 5 nitrogen and oxygen atoms in total. The summed E-state index contributed by atoms with van der Waals surface area (Å²) in [6, 6.07) is 1.87. The van der Waals surface area contributed by atoms with E-state index < -0.39 is 91.3 Å². The minimum atomic E-state index is -8.99. The third-order valence-corrected chi connectivity index (χ3v) is 7.58. The highest BCUT2D eigenvalue weighted by Gasteiger charge is 2.96. The Morgan fingerprint density at radius 2 is 1.02 bits per heavy atom. The van der Waals surface area contributed by atoms with Crippen molar-refractivity contribution in [3.8, 4) is 0 Å². The first-order chi connectivity index (χ1) is 18.7. The fourth-order valence-electron chi connectivity index (χ4n) is 3.30. The van der Waals surface area contributed by atoms with Gasteiger partial charge in [-0.05, 0) is 11.5 Å². The van der Waals surface area contributed by atoms with Crippen LogP contribution < -0.4 is 0 Å². The lowest BCUT2D eigenvalue weighted by Gasteiger charge is -2.43. The number of carbonyl (C=O) groups is 1. The number of hydrogen-bond donors (Lipinski definition) is 1. The van der Waals surface area contributed by atoms with Crippen molar-refractivity contribution in [2.24, 2.45) is 5.92 Å². The molecule has 23 heteroatoms. The van der Waals surface area contributed by atoms with Crippen molar-refractivity contribution in [3.05, 3.63) is 35.9 Å². The number of carboxylic acid groups (broad SMARTS) is 1. The minimum Gasteiger partial charge on any atom is -0.480 e. The van der Waals surface area contributed by atoms with Gasteiger partial charge in [0.05, 0.1) is 0 Å². The van der Waals surface area contributed by atoms with Gasteiger partial charge in [0.15, 0.2) is 0 Å².